The number of piperidine rings is 1. The Morgan fingerprint density at radius 3 is 2.52 bits per heavy atom. The van der Waals surface area contributed by atoms with E-state index in [0.29, 0.717) is 6.04 Å². The Morgan fingerprint density at radius 2 is 1.76 bits per heavy atom. The molecule has 1 unspecified atom stereocenters. The second kappa shape index (κ2) is 7.42. The molecule has 1 aliphatic heterocycles. The predicted molar refractivity (Wildman–Crippen MR) is 103 cm³/mol. The summed E-state index contributed by atoms with van der Waals surface area (Å²) in [5.74, 6) is 1.04. The van der Waals surface area contributed by atoms with Gasteiger partial charge in [-0.25, -0.2) is 0 Å². The summed E-state index contributed by atoms with van der Waals surface area (Å²) < 4.78 is 6.00. The molecule has 0 saturated carbocycles. The molecule has 3 nitrogen and oxygen atoms in total. The summed E-state index contributed by atoms with van der Waals surface area (Å²) in [7, 11) is 0. The molecule has 0 aliphatic carbocycles. The summed E-state index contributed by atoms with van der Waals surface area (Å²) in [6.45, 7) is 5.57. The zero-order chi connectivity index (χ0) is 17.1. The zero-order valence-electron chi connectivity index (χ0n) is 14.8. The van der Waals surface area contributed by atoms with Crippen molar-refractivity contribution in [3.05, 3.63) is 72.0 Å². The number of nitrogens with one attached hydrogen (secondary N) is 1. The Hall–Kier alpha value is -2.10. The van der Waals surface area contributed by atoms with Gasteiger partial charge >= 0.3 is 0 Å². The van der Waals surface area contributed by atoms with Crippen LogP contribution in [0.15, 0.2) is 65.1 Å². The van der Waals surface area contributed by atoms with Crippen molar-refractivity contribution in [2.24, 2.45) is 0 Å². The minimum atomic E-state index is 0.248. The van der Waals surface area contributed by atoms with Gasteiger partial charge in [-0.3, -0.25) is 4.90 Å². The van der Waals surface area contributed by atoms with Crippen molar-refractivity contribution < 1.29 is 4.42 Å². The molecule has 4 rings (SSSR count). The van der Waals surface area contributed by atoms with Crippen LogP contribution < -0.4 is 5.32 Å². The number of hydrogen-bond acceptors (Lipinski definition) is 3. The van der Waals surface area contributed by atoms with E-state index in [9.17, 15) is 0 Å². The number of nitrogens with zero attached hydrogens (tertiary/aromatic N) is 1. The van der Waals surface area contributed by atoms with E-state index in [4.69, 9.17) is 4.42 Å². The van der Waals surface area contributed by atoms with Crippen LogP contribution in [0.3, 0.4) is 0 Å². The van der Waals surface area contributed by atoms with Crippen LogP contribution in [0.1, 0.15) is 37.1 Å². The molecule has 1 N–H and O–H groups in total. The minimum Gasteiger partial charge on any atom is -0.459 e. The monoisotopic (exact) mass is 334 g/mol. The Morgan fingerprint density at radius 1 is 1.04 bits per heavy atom. The molecule has 1 atom stereocenters. The van der Waals surface area contributed by atoms with Crippen LogP contribution in [-0.2, 0) is 6.54 Å². The number of fused-ring (bicyclic) bond motifs is 1. The fourth-order valence-corrected chi connectivity index (χ4v) is 3.75. The van der Waals surface area contributed by atoms with Gasteiger partial charge in [0.2, 0.25) is 0 Å². The van der Waals surface area contributed by atoms with Crippen LogP contribution in [0.5, 0.6) is 0 Å². The first-order chi connectivity index (χ1) is 12.3. The summed E-state index contributed by atoms with van der Waals surface area (Å²) in [4.78, 5) is 2.55. The molecule has 1 fully saturated rings. The fourth-order valence-electron chi connectivity index (χ4n) is 3.75. The van der Waals surface area contributed by atoms with E-state index in [-0.39, 0.29) is 6.04 Å². The summed E-state index contributed by atoms with van der Waals surface area (Å²) >= 11 is 0. The van der Waals surface area contributed by atoms with Gasteiger partial charge in [0.05, 0.1) is 6.04 Å². The van der Waals surface area contributed by atoms with Gasteiger partial charge in [0.25, 0.3) is 0 Å². The lowest BCUT2D eigenvalue weighted by Crippen LogP contribution is -2.42. The third-order valence-corrected chi connectivity index (χ3v) is 5.19. The Labute approximate surface area is 149 Å². The van der Waals surface area contributed by atoms with Gasteiger partial charge < -0.3 is 9.73 Å². The van der Waals surface area contributed by atoms with E-state index in [1.807, 2.05) is 12.1 Å². The van der Waals surface area contributed by atoms with Crippen LogP contribution in [0.25, 0.3) is 11.0 Å². The molecule has 25 heavy (non-hydrogen) atoms. The van der Waals surface area contributed by atoms with Crippen molar-refractivity contribution in [1.82, 2.24) is 10.2 Å². The highest BCUT2D eigenvalue weighted by molar-refractivity contribution is 5.77. The average molecular weight is 334 g/mol. The summed E-state index contributed by atoms with van der Waals surface area (Å²) in [5.41, 5.74) is 2.38. The van der Waals surface area contributed by atoms with Crippen molar-refractivity contribution in [2.75, 3.05) is 13.1 Å². The van der Waals surface area contributed by atoms with Crippen molar-refractivity contribution in [1.29, 1.82) is 0 Å². The molecule has 3 aromatic rings. The van der Waals surface area contributed by atoms with E-state index in [1.54, 1.807) is 0 Å². The molecule has 2 aromatic carbocycles. The highest BCUT2D eigenvalue weighted by Crippen LogP contribution is 2.25. The number of para-hydroxylation sites is 1. The average Bonchev–Trinajstić information content (AvgIpc) is 3.09. The lowest BCUT2D eigenvalue weighted by Gasteiger charge is -2.33. The molecule has 1 saturated heterocycles. The first-order valence-corrected chi connectivity index (χ1v) is 9.29. The van der Waals surface area contributed by atoms with Gasteiger partial charge in [-0.2, -0.15) is 0 Å². The number of benzene rings is 2. The maximum absolute atomic E-state index is 6.00. The highest BCUT2D eigenvalue weighted by Gasteiger charge is 2.22. The quantitative estimate of drug-likeness (QED) is 0.730. The predicted octanol–water partition coefficient (Wildman–Crippen LogP) is 4.75. The maximum Gasteiger partial charge on any atom is 0.134 e. The van der Waals surface area contributed by atoms with Gasteiger partial charge in [0.1, 0.15) is 11.3 Å². The lowest BCUT2D eigenvalue weighted by molar-refractivity contribution is 0.183. The van der Waals surface area contributed by atoms with E-state index >= 15 is 0 Å². The van der Waals surface area contributed by atoms with Crippen molar-refractivity contribution >= 4 is 11.0 Å². The topological polar surface area (TPSA) is 28.4 Å². The van der Waals surface area contributed by atoms with E-state index in [1.165, 1.54) is 23.8 Å². The van der Waals surface area contributed by atoms with E-state index < -0.39 is 0 Å². The Kier molecular flexibility index (Phi) is 4.86. The third-order valence-electron chi connectivity index (χ3n) is 5.19. The smallest absolute Gasteiger partial charge is 0.134 e. The zero-order valence-corrected chi connectivity index (χ0v) is 14.8. The number of hydrogen-bond donors (Lipinski definition) is 1. The first kappa shape index (κ1) is 16.4. The Balaban J connectivity index is 1.30. The van der Waals surface area contributed by atoms with Gasteiger partial charge in [0.15, 0.2) is 0 Å². The largest absolute Gasteiger partial charge is 0.459 e. The van der Waals surface area contributed by atoms with Crippen molar-refractivity contribution in [2.45, 2.75) is 38.4 Å². The van der Waals surface area contributed by atoms with Gasteiger partial charge in [-0.1, -0.05) is 48.5 Å². The lowest BCUT2D eigenvalue weighted by atomic mass is 10.0. The van der Waals surface area contributed by atoms with E-state index in [2.05, 4.69) is 65.7 Å². The van der Waals surface area contributed by atoms with Gasteiger partial charge in [-0.15, -0.1) is 0 Å². The highest BCUT2D eigenvalue weighted by atomic mass is 16.3. The molecule has 3 heteroatoms. The molecular formula is C22H26N2O. The normalized spacial score (nSPS) is 17.8. The van der Waals surface area contributed by atoms with Crippen LogP contribution >= 0.6 is 0 Å². The SMILES string of the molecule is CC(NC1CCN(Cc2ccccc2)CC1)c1cc2ccccc2o1. The maximum atomic E-state index is 6.00. The van der Waals surface area contributed by atoms with Gasteiger partial charge in [0, 0.05) is 18.0 Å². The molecule has 0 bridgehead atoms. The molecule has 2 heterocycles. The first-order valence-electron chi connectivity index (χ1n) is 9.29. The molecule has 1 aromatic heterocycles. The molecule has 0 amide bonds. The molecule has 0 radical (unpaired) electrons. The number of likely N-dealkylation sites (tertiary alicyclic amines) is 1. The van der Waals surface area contributed by atoms with Crippen molar-refractivity contribution in [3.8, 4) is 0 Å². The summed E-state index contributed by atoms with van der Waals surface area (Å²) in [6, 6.07) is 22.0. The minimum absolute atomic E-state index is 0.248. The molecule has 1 aliphatic rings. The second-order valence-electron chi connectivity index (χ2n) is 7.11. The number of furan rings is 1. The number of rotatable bonds is 5. The fraction of sp³-hybridized carbons (Fsp3) is 0.364. The van der Waals surface area contributed by atoms with Crippen LogP contribution in [0, 0.1) is 0 Å². The van der Waals surface area contributed by atoms with Gasteiger partial charge in [-0.05, 0) is 50.6 Å². The van der Waals surface area contributed by atoms with Crippen LogP contribution in [0.4, 0.5) is 0 Å². The second-order valence-corrected chi connectivity index (χ2v) is 7.11. The van der Waals surface area contributed by atoms with Crippen molar-refractivity contribution in [3.63, 3.8) is 0 Å². The molecule has 130 valence electrons. The summed E-state index contributed by atoms with van der Waals surface area (Å²) in [6.07, 6.45) is 2.38. The molecular weight excluding hydrogens is 308 g/mol. The van der Waals surface area contributed by atoms with Crippen LogP contribution in [0.2, 0.25) is 0 Å². The third kappa shape index (κ3) is 3.94. The molecule has 0 spiro atoms. The van der Waals surface area contributed by atoms with Crippen LogP contribution in [-0.4, -0.2) is 24.0 Å². The Bertz CT molecular complexity index is 770. The standard InChI is InChI=1S/C22H26N2O/c1-17(22-15-19-9-5-6-10-21(19)25-22)23-20-11-13-24(14-12-20)16-18-7-3-2-4-8-18/h2-10,15,17,20,23H,11-14,16H2,1H3. The van der Waals surface area contributed by atoms with E-state index in [0.717, 1.165) is 31.0 Å². The summed E-state index contributed by atoms with van der Waals surface area (Å²) in [5, 5.41) is 4.94.